The van der Waals surface area contributed by atoms with Crippen LogP contribution in [-0.2, 0) is 20.7 Å². The molecule has 0 bridgehead atoms. The topological polar surface area (TPSA) is 64.6 Å². The summed E-state index contributed by atoms with van der Waals surface area (Å²) in [4.78, 5) is 23.8. The first-order valence-corrected chi connectivity index (χ1v) is 12.0. The third-order valence-electron chi connectivity index (χ3n) is 3.30. The highest BCUT2D eigenvalue weighted by Crippen LogP contribution is 2.22. The van der Waals surface area contributed by atoms with E-state index in [2.05, 4.69) is 36.4 Å². The second-order valence-corrected chi connectivity index (χ2v) is 12.9. The number of carbonyl (C=O) groups excluding carboxylic acids is 2. The van der Waals surface area contributed by atoms with E-state index in [1.807, 2.05) is 13.0 Å². The Morgan fingerprint density at radius 2 is 1.81 bits per heavy atom. The number of anilines is 1. The third kappa shape index (κ3) is 7.75. The summed E-state index contributed by atoms with van der Waals surface area (Å²) < 4.78 is 10.1. The molecule has 0 spiro atoms. The van der Waals surface area contributed by atoms with Crippen molar-refractivity contribution in [1.29, 1.82) is 0 Å². The Kier molecular flexibility index (Phi) is 7.05. The standard InChI is InChI=1S/C20H29NO4Si/c1-14-15(9-10-26(6,7)8)11-17(12-16(14)13-18(22)24-5)21-19(23)25-20(2,3)4/h11-12H,13H2,1-8H3,(H,21,23). The number of esters is 1. The Bertz CT molecular complexity index is 746. The predicted octanol–water partition coefficient (Wildman–Crippen LogP) is 4.29. The van der Waals surface area contributed by atoms with Crippen molar-refractivity contribution in [3.8, 4) is 11.5 Å². The SMILES string of the molecule is COC(=O)Cc1cc(NC(=O)OC(C)(C)C)cc(C#C[Si](C)(C)C)c1C. The predicted molar refractivity (Wildman–Crippen MR) is 107 cm³/mol. The van der Waals surface area contributed by atoms with Gasteiger partial charge in [-0.1, -0.05) is 25.6 Å². The van der Waals surface area contributed by atoms with Gasteiger partial charge in [0.15, 0.2) is 0 Å². The minimum atomic E-state index is -1.57. The van der Waals surface area contributed by atoms with Gasteiger partial charge in [0.1, 0.15) is 13.7 Å². The summed E-state index contributed by atoms with van der Waals surface area (Å²) in [5.41, 5.74) is 5.75. The number of methoxy groups -OCH3 is 1. The number of rotatable bonds is 3. The van der Waals surface area contributed by atoms with Crippen molar-refractivity contribution in [2.24, 2.45) is 0 Å². The third-order valence-corrected chi connectivity index (χ3v) is 4.17. The number of nitrogens with one attached hydrogen (secondary N) is 1. The van der Waals surface area contributed by atoms with E-state index in [9.17, 15) is 9.59 Å². The van der Waals surface area contributed by atoms with E-state index < -0.39 is 19.8 Å². The van der Waals surface area contributed by atoms with Gasteiger partial charge in [-0.15, -0.1) is 5.54 Å². The van der Waals surface area contributed by atoms with Gasteiger partial charge in [0.25, 0.3) is 0 Å². The number of hydrogen-bond donors (Lipinski definition) is 1. The molecule has 0 saturated carbocycles. The molecule has 0 heterocycles. The first-order chi connectivity index (χ1) is 11.8. The Morgan fingerprint density at radius 1 is 1.19 bits per heavy atom. The molecule has 1 rings (SSSR count). The second kappa shape index (κ2) is 8.41. The fourth-order valence-electron chi connectivity index (χ4n) is 2.06. The van der Waals surface area contributed by atoms with Crippen molar-refractivity contribution < 1.29 is 19.1 Å². The molecule has 1 N–H and O–H groups in total. The minimum absolute atomic E-state index is 0.119. The molecule has 5 nitrogen and oxygen atoms in total. The molecule has 142 valence electrons. The number of amides is 1. The molecule has 0 saturated heterocycles. The number of carbonyl (C=O) groups is 2. The number of benzene rings is 1. The minimum Gasteiger partial charge on any atom is -0.469 e. The molecular weight excluding hydrogens is 346 g/mol. The highest BCUT2D eigenvalue weighted by atomic mass is 28.3. The largest absolute Gasteiger partial charge is 0.469 e. The zero-order valence-corrected chi connectivity index (χ0v) is 18.0. The molecule has 26 heavy (non-hydrogen) atoms. The van der Waals surface area contributed by atoms with Gasteiger partial charge in [-0.3, -0.25) is 10.1 Å². The first kappa shape index (κ1) is 21.8. The smallest absolute Gasteiger partial charge is 0.412 e. The summed E-state index contributed by atoms with van der Waals surface area (Å²) in [5, 5.41) is 2.73. The van der Waals surface area contributed by atoms with Crippen LogP contribution in [0.3, 0.4) is 0 Å². The van der Waals surface area contributed by atoms with Gasteiger partial charge in [-0.2, -0.15) is 0 Å². The summed E-state index contributed by atoms with van der Waals surface area (Å²) in [6.45, 7) is 13.8. The van der Waals surface area contributed by atoms with Crippen molar-refractivity contribution in [3.63, 3.8) is 0 Å². The monoisotopic (exact) mass is 375 g/mol. The zero-order chi connectivity index (χ0) is 20.1. The molecule has 0 unspecified atom stereocenters. The zero-order valence-electron chi connectivity index (χ0n) is 17.0. The van der Waals surface area contributed by atoms with Crippen LogP contribution in [0.2, 0.25) is 19.6 Å². The summed E-state index contributed by atoms with van der Waals surface area (Å²) in [5.74, 6) is 2.87. The Hall–Kier alpha value is -2.26. The maximum absolute atomic E-state index is 12.1. The number of hydrogen-bond acceptors (Lipinski definition) is 4. The Morgan fingerprint density at radius 3 is 2.31 bits per heavy atom. The fourth-order valence-corrected chi connectivity index (χ4v) is 2.57. The van der Waals surface area contributed by atoms with Crippen LogP contribution in [0.1, 0.15) is 37.5 Å². The van der Waals surface area contributed by atoms with E-state index in [4.69, 9.17) is 9.47 Å². The average molecular weight is 376 g/mol. The Labute approximate surface area is 157 Å². The summed E-state index contributed by atoms with van der Waals surface area (Å²) in [6.07, 6.45) is -0.428. The summed E-state index contributed by atoms with van der Waals surface area (Å²) >= 11 is 0. The van der Waals surface area contributed by atoms with Crippen LogP contribution in [0, 0.1) is 18.4 Å². The Balaban J connectivity index is 3.28. The summed E-state index contributed by atoms with van der Waals surface area (Å²) in [6, 6.07) is 3.57. The molecule has 0 radical (unpaired) electrons. The van der Waals surface area contributed by atoms with Crippen LogP contribution in [0.4, 0.5) is 10.5 Å². The molecule has 0 aliphatic carbocycles. The molecule has 0 aliphatic rings. The molecular formula is C20H29NO4Si. The van der Waals surface area contributed by atoms with Gasteiger partial charge < -0.3 is 9.47 Å². The van der Waals surface area contributed by atoms with Crippen LogP contribution < -0.4 is 5.32 Å². The molecule has 1 aromatic carbocycles. The van der Waals surface area contributed by atoms with E-state index in [0.717, 1.165) is 16.7 Å². The van der Waals surface area contributed by atoms with Gasteiger partial charge in [-0.05, 0) is 51.0 Å². The van der Waals surface area contributed by atoms with E-state index in [1.165, 1.54) is 7.11 Å². The lowest BCUT2D eigenvalue weighted by molar-refractivity contribution is -0.139. The van der Waals surface area contributed by atoms with Crippen molar-refractivity contribution in [2.45, 2.75) is 59.4 Å². The van der Waals surface area contributed by atoms with E-state index in [0.29, 0.717) is 5.69 Å². The maximum Gasteiger partial charge on any atom is 0.412 e. The lowest BCUT2D eigenvalue weighted by Gasteiger charge is -2.20. The highest BCUT2D eigenvalue weighted by molar-refractivity contribution is 6.83. The van der Waals surface area contributed by atoms with Crippen LogP contribution in [0.25, 0.3) is 0 Å². The molecule has 0 aliphatic heterocycles. The quantitative estimate of drug-likeness (QED) is 0.486. The lowest BCUT2D eigenvalue weighted by Crippen LogP contribution is -2.27. The fraction of sp³-hybridized carbons (Fsp3) is 0.500. The first-order valence-electron chi connectivity index (χ1n) is 8.54. The highest BCUT2D eigenvalue weighted by Gasteiger charge is 2.18. The second-order valence-electron chi connectivity index (χ2n) is 8.19. The molecule has 0 fully saturated rings. The van der Waals surface area contributed by atoms with Crippen LogP contribution in [0.15, 0.2) is 12.1 Å². The van der Waals surface area contributed by atoms with Crippen molar-refractivity contribution >= 4 is 25.8 Å². The van der Waals surface area contributed by atoms with Crippen molar-refractivity contribution in [2.75, 3.05) is 12.4 Å². The van der Waals surface area contributed by atoms with Crippen molar-refractivity contribution in [1.82, 2.24) is 0 Å². The molecule has 1 amide bonds. The molecule has 6 heteroatoms. The lowest BCUT2D eigenvalue weighted by atomic mass is 9.99. The molecule has 0 aromatic heterocycles. The van der Waals surface area contributed by atoms with Gasteiger partial charge >= 0.3 is 12.1 Å². The van der Waals surface area contributed by atoms with Gasteiger partial charge in [-0.25, -0.2) is 4.79 Å². The van der Waals surface area contributed by atoms with E-state index in [-0.39, 0.29) is 12.4 Å². The molecule has 1 aromatic rings. The van der Waals surface area contributed by atoms with Crippen LogP contribution in [0.5, 0.6) is 0 Å². The van der Waals surface area contributed by atoms with E-state index >= 15 is 0 Å². The van der Waals surface area contributed by atoms with Crippen molar-refractivity contribution in [3.05, 3.63) is 28.8 Å². The van der Waals surface area contributed by atoms with Gasteiger partial charge in [0.05, 0.1) is 13.5 Å². The number of ether oxygens (including phenoxy) is 2. The van der Waals surface area contributed by atoms with Crippen LogP contribution >= 0.6 is 0 Å². The molecule has 0 atom stereocenters. The average Bonchev–Trinajstić information content (AvgIpc) is 2.45. The van der Waals surface area contributed by atoms with Gasteiger partial charge in [0, 0.05) is 11.3 Å². The summed E-state index contributed by atoms with van der Waals surface area (Å²) in [7, 11) is -0.212. The maximum atomic E-state index is 12.1. The van der Waals surface area contributed by atoms with Gasteiger partial charge in [0.2, 0.25) is 0 Å². The van der Waals surface area contributed by atoms with Crippen LogP contribution in [-0.4, -0.2) is 32.8 Å². The normalized spacial score (nSPS) is 11.2. The van der Waals surface area contributed by atoms with E-state index in [1.54, 1.807) is 26.8 Å².